The summed E-state index contributed by atoms with van der Waals surface area (Å²) in [6.45, 7) is 1.50. The lowest BCUT2D eigenvalue weighted by molar-refractivity contribution is -0.140. The normalized spacial score (nSPS) is 22.1. The van der Waals surface area contributed by atoms with Crippen LogP contribution in [-0.4, -0.2) is 82.1 Å². The minimum Gasteiger partial charge on any atom is -0.480 e. The highest BCUT2D eigenvalue weighted by molar-refractivity contribution is 7.99. The SMILES string of the molecule is CN(CC(=O)N1CCCC1)C(=O)N1CSCC1C(=O)O. The van der Waals surface area contributed by atoms with Crippen LogP contribution in [0, 0.1) is 0 Å². The molecule has 20 heavy (non-hydrogen) atoms. The molecule has 0 bridgehead atoms. The highest BCUT2D eigenvalue weighted by Crippen LogP contribution is 2.22. The first-order valence-corrected chi connectivity index (χ1v) is 7.76. The number of carbonyl (C=O) groups excluding carboxylic acids is 2. The number of hydrogen-bond acceptors (Lipinski definition) is 4. The molecule has 112 valence electrons. The molecule has 0 aromatic carbocycles. The van der Waals surface area contributed by atoms with Crippen LogP contribution >= 0.6 is 11.8 Å². The number of carbonyl (C=O) groups is 3. The molecule has 0 aliphatic carbocycles. The van der Waals surface area contributed by atoms with E-state index < -0.39 is 18.0 Å². The van der Waals surface area contributed by atoms with Gasteiger partial charge in [0.05, 0.1) is 5.88 Å². The van der Waals surface area contributed by atoms with Crippen LogP contribution in [0.2, 0.25) is 0 Å². The van der Waals surface area contributed by atoms with E-state index in [1.54, 1.807) is 4.90 Å². The molecule has 2 aliphatic heterocycles. The summed E-state index contributed by atoms with van der Waals surface area (Å²) in [6, 6.07) is -1.19. The van der Waals surface area contributed by atoms with Crippen LogP contribution in [0.5, 0.6) is 0 Å². The van der Waals surface area contributed by atoms with Crippen molar-refractivity contribution >= 4 is 29.7 Å². The number of carboxylic acids is 1. The summed E-state index contributed by atoms with van der Waals surface area (Å²) in [5.41, 5.74) is 0. The van der Waals surface area contributed by atoms with Crippen LogP contribution in [0.1, 0.15) is 12.8 Å². The van der Waals surface area contributed by atoms with Crippen molar-refractivity contribution in [2.24, 2.45) is 0 Å². The van der Waals surface area contributed by atoms with Gasteiger partial charge in [0.25, 0.3) is 0 Å². The Morgan fingerprint density at radius 1 is 1.30 bits per heavy atom. The molecule has 0 aromatic heterocycles. The van der Waals surface area contributed by atoms with Crippen molar-refractivity contribution in [3.8, 4) is 0 Å². The largest absolute Gasteiger partial charge is 0.480 e. The molecule has 3 amide bonds. The van der Waals surface area contributed by atoms with Gasteiger partial charge >= 0.3 is 12.0 Å². The van der Waals surface area contributed by atoms with Crippen LogP contribution in [0.3, 0.4) is 0 Å². The molecule has 0 radical (unpaired) electrons. The molecule has 2 aliphatic rings. The number of likely N-dealkylation sites (N-methyl/N-ethyl adjacent to an activating group) is 1. The van der Waals surface area contributed by atoms with Crippen LogP contribution in [0.4, 0.5) is 4.79 Å². The molecule has 2 fully saturated rings. The number of thioether (sulfide) groups is 1. The Labute approximate surface area is 121 Å². The molecule has 2 saturated heterocycles. The summed E-state index contributed by atoms with van der Waals surface area (Å²) in [5, 5.41) is 9.07. The van der Waals surface area contributed by atoms with Crippen LogP contribution in [0.15, 0.2) is 0 Å². The second-order valence-electron chi connectivity index (χ2n) is 5.05. The quantitative estimate of drug-likeness (QED) is 0.801. The molecular formula is C12H19N3O4S. The summed E-state index contributed by atoms with van der Waals surface area (Å²) in [5.74, 6) is -0.313. The Bertz CT molecular complexity index is 412. The average Bonchev–Trinajstić information content (AvgIpc) is 3.08. The topological polar surface area (TPSA) is 81.2 Å². The molecule has 2 heterocycles. The minimum absolute atomic E-state index is 0.00629. The van der Waals surface area contributed by atoms with E-state index in [1.807, 2.05) is 0 Å². The molecule has 1 atom stereocenters. The number of nitrogens with zero attached hydrogens (tertiary/aromatic N) is 3. The molecule has 2 rings (SSSR count). The monoisotopic (exact) mass is 301 g/mol. The van der Waals surface area contributed by atoms with Gasteiger partial charge in [0.15, 0.2) is 0 Å². The Balaban J connectivity index is 1.91. The summed E-state index contributed by atoms with van der Waals surface area (Å²) in [7, 11) is 1.54. The van der Waals surface area contributed by atoms with E-state index in [4.69, 9.17) is 5.11 Å². The molecule has 8 heteroatoms. The van der Waals surface area contributed by atoms with Gasteiger partial charge in [-0.1, -0.05) is 0 Å². The van der Waals surface area contributed by atoms with Crippen molar-refractivity contribution < 1.29 is 19.5 Å². The fourth-order valence-corrected chi connectivity index (χ4v) is 3.53. The van der Waals surface area contributed by atoms with Gasteiger partial charge in [0.2, 0.25) is 5.91 Å². The Hall–Kier alpha value is -1.44. The summed E-state index contributed by atoms with van der Waals surface area (Å²) >= 11 is 1.41. The molecule has 0 spiro atoms. The van der Waals surface area contributed by atoms with E-state index in [-0.39, 0.29) is 12.5 Å². The first kappa shape index (κ1) is 15.0. The van der Waals surface area contributed by atoms with Gasteiger partial charge in [-0.3, -0.25) is 4.79 Å². The maximum absolute atomic E-state index is 12.2. The van der Waals surface area contributed by atoms with Crippen molar-refractivity contribution in [1.82, 2.24) is 14.7 Å². The number of likely N-dealkylation sites (tertiary alicyclic amines) is 1. The van der Waals surface area contributed by atoms with Gasteiger partial charge in [0.1, 0.15) is 12.6 Å². The van der Waals surface area contributed by atoms with Gasteiger partial charge in [-0.25, -0.2) is 9.59 Å². The van der Waals surface area contributed by atoms with Gasteiger partial charge in [-0.15, -0.1) is 11.8 Å². The number of amides is 3. The third-order valence-electron chi connectivity index (χ3n) is 3.57. The Morgan fingerprint density at radius 2 is 1.95 bits per heavy atom. The lowest BCUT2D eigenvalue weighted by Crippen LogP contribution is -2.50. The highest BCUT2D eigenvalue weighted by atomic mass is 32.2. The van der Waals surface area contributed by atoms with Crippen molar-refractivity contribution in [2.75, 3.05) is 38.3 Å². The minimum atomic E-state index is -0.998. The van der Waals surface area contributed by atoms with E-state index in [1.165, 1.54) is 28.6 Å². The van der Waals surface area contributed by atoms with Crippen molar-refractivity contribution in [3.63, 3.8) is 0 Å². The van der Waals surface area contributed by atoms with Gasteiger partial charge in [-0.2, -0.15) is 0 Å². The summed E-state index contributed by atoms with van der Waals surface area (Å²) < 4.78 is 0. The van der Waals surface area contributed by atoms with Crippen molar-refractivity contribution in [2.45, 2.75) is 18.9 Å². The first-order valence-electron chi connectivity index (χ1n) is 6.60. The zero-order valence-electron chi connectivity index (χ0n) is 11.4. The predicted molar refractivity (Wildman–Crippen MR) is 74.4 cm³/mol. The van der Waals surface area contributed by atoms with E-state index in [2.05, 4.69) is 0 Å². The van der Waals surface area contributed by atoms with Crippen LogP contribution in [0.25, 0.3) is 0 Å². The maximum Gasteiger partial charge on any atom is 0.327 e. The molecule has 1 N–H and O–H groups in total. The predicted octanol–water partition coefficient (Wildman–Crippen LogP) is 0.120. The van der Waals surface area contributed by atoms with E-state index in [0.29, 0.717) is 11.6 Å². The molecule has 0 saturated carbocycles. The zero-order chi connectivity index (χ0) is 14.7. The van der Waals surface area contributed by atoms with Crippen molar-refractivity contribution in [3.05, 3.63) is 0 Å². The third-order valence-corrected chi connectivity index (χ3v) is 4.58. The molecule has 7 nitrogen and oxygen atoms in total. The van der Waals surface area contributed by atoms with Crippen molar-refractivity contribution in [1.29, 1.82) is 0 Å². The zero-order valence-corrected chi connectivity index (χ0v) is 12.3. The maximum atomic E-state index is 12.2. The van der Waals surface area contributed by atoms with Gasteiger partial charge < -0.3 is 19.8 Å². The highest BCUT2D eigenvalue weighted by Gasteiger charge is 2.36. The Kier molecular flexibility index (Phi) is 4.74. The smallest absolute Gasteiger partial charge is 0.327 e. The second kappa shape index (κ2) is 6.34. The Morgan fingerprint density at radius 3 is 2.55 bits per heavy atom. The standard InChI is InChI=1S/C12H19N3O4S/c1-13(6-10(16)14-4-2-3-5-14)12(19)15-8-20-7-9(15)11(17)18/h9H,2-8H2,1H3,(H,17,18). The van der Waals surface area contributed by atoms with E-state index in [9.17, 15) is 14.4 Å². The molecule has 1 unspecified atom stereocenters. The lowest BCUT2D eigenvalue weighted by atomic mass is 10.3. The second-order valence-corrected chi connectivity index (χ2v) is 6.05. The van der Waals surface area contributed by atoms with Gasteiger partial charge in [-0.05, 0) is 12.8 Å². The number of aliphatic carboxylic acids is 1. The third kappa shape index (κ3) is 3.17. The lowest BCUT2D eigenvalue weighted by Gasteiger charge is -2.27. The molecule has 0 aromatic rings. The van der Waals surface area contributed by atoms with Crippen LogP contribution < -0.4 is 0 Å². The first-order chi connectivity index (χ1) is 9.50. The van der Waals surface area contributed by atoms with Gasteiger partial charge in [0, 0.05) is 25.9 Å². The number of carboxylic acid groups (broad SMARTS) is 1. The average molecular weight is 301 g/mol. The van der Waals surface area contributed by atoms with Crippen LogP contribution in [-0.2, 0) is 9.59 Å². The molecular weight excluding hydrogens is 282 g/mol. The number of rotatable bonds is 3. The number of urea groups is 1. The fourth-order valence-electron chi connectivity index (χ4n) is 2.39. The summed E-state index contributed by atoms with van der Waals surface area (Å²) in [4.78, 5) is 39.6. The summed E-state index contributed by atoms with van der Waals surface area (Å²) in [6.07, 6.45) is 2.01. The van der Waals surface area contributed by atoms with E-state index >= 15 is 0 Å². The fraction of sp³-hybridized carbons (Fsp3) is 0.750. The number of hydrogen-bond donors (Lipinski definition) is 1. The van der Waals surface area contributed by atoms with E-state index in [0.717, 1.165) is 25.9 Å².